The Balaban J connectivity index is 2.41. The lowest BCUT2D eigenvalue weighted by atomic mass is 9.98. The van der Waals surface area contributed by atoms with Gasteiger partial charge in [0.25, 0.3) is 0 Å². The normalized spacial score (nSPS) is 34.1. The van der Waals surface area contributed by atoms with Crippen LogP contribution in [-0.4, -0.2) is 30.2 Å². The van der Waals surface area contributed by atoms with E-state index in [2.05, 4.69) is 25.2 Å². The summed E-state index contributed by atoms with van der Waals surface area (Å²) in [7, 11) is 0. The second-order valence-electron chi connectivity index (χ2n) is 3.38. The fourth-order valence-electron chi connectivity index (χ4n) is 1.82. The summed E-state index contributed by atoms with van der Waals surface area (Å²) in [6.07, 6.45) is 4.54. The van der Waals surface area contributed by atoms with E-state index in [-0.39, 0.29) is 6.67 Å². The van der Waals surface area contributed by atoms with Gasteiger partial charge in [0.1, 0.15) is 6.67 Å². The van der Waals surface area contributed by atoms with E-state index >= 15 is 0 Å². The van der Waals surface area contributed by atoms with Gasteiger partial charge in [0.2, 0.25) is 0 Å². The van der Waals surface area contributed by atoms with Crippen LogP contribution < -0.4 is 0 Å². The van der Waals surface area contributed by atoms with Crippen LogP contribution in [0.1, 0.15) is 26.7 Å². The van der Waals surface area contributed by atoms with E-state index in [0.29, 0.717) is 18.6 Å². The van der Waals surface area contributed by atoms with Crippen LogP contribution >= 0.6 is 0 Å². The monoisotopic (exact) mass is 158 g/mol. The van der Waals surface area contributed by atoms with Crippen molar-refractivity contribution in [3.63, 3.8) is 0 Å². The Hall–Kier alpha value is -0.110. The van der Waals surface area contributed by atoms with Crippen LogP contribution in [0.15, 0.2) is 0 Å². The van der Waals surface area contributed by atoms with Gasteiger partial charge in [0.15, 0.2) is 0 Å². The highest BCUT2D eigenvalue weighted by Crippen LogP contribution is 2.20. The molecule has 1 aliphatic rings. The summed E-state index contributed by atoms with van der Waals surface area (Å²) >= 11 is 0. The van der Waals surface area contributed by atoms with Crippen molar-refractivity contribution in [2.75, 3.05) is 13.2 Å². The molecule has 0 amide bonds. The van der Waals surface area contributed by atoms with Gasteiger partial charge in [-0.15, -0.1) is 0 Å². The highest BCUT2D eigenvalue weighted by molar-refractivity contribution is 4.87. The number of rotatable bonds is 2. The van der Waals surface area contributed by atoms with Gasteiger partial charge in [0.05, 0.1) is 0 Å². The summed E-state index contributed by atoms with van der Waals surface area (Å²) in [6.45, 7) is 4.73. The lowest BCUT2D eigenvalue weighted by molar-refractivity contribution is 0.116. The molecule has 0 unspecified atom stereocenters. The van der Waals surface area contributed by atoms with Crippen molar-refractivity contribution in [1.29, 1.82) is 0 Å². The van der Waals surface area contributed by atoms with Crippen molar-refractivity contribution >= 4 is 0 Å². The second-order valence-corrected chi connectivity index (χ2v) is 3.38. The maximum Gasteiger partial charge on any atom is 0.102 e. The van der Waals surface area contributed by atoms with E-state index in [1.165, 1.54) is 0 Å². The predicted molar refractivity (Wildman–Crippen MR) is 45.1 cm³/mol. The average molecular weight is 158 g/mol. The molecule has 2 atom stereocenters. The molecule has 0 N–H and O–H groups in total. The Kier molecular flexibility index (Phi) is 3.31. The average Bonchev–Trinajstić information content (AvgIpc) is 1.97. The number of likely N-dealkylation sites (tertiary alicyclic amines) is 1. The van der Waals surface area contributed by atoms with Gasteiger partial charge < -0.3 is 0 Å². The third kappa shape index (κ3) is 2.16. The van der Waals surface area contributed by atoms with Gasteiger partial charge in [-0.25, -0.2) is 4.39 Å². The highest BCUT2D eigenvalue weighted by atomic mass is 19.1. The van der Waals surface area contributed by atoms with Crippen molar-refractivity contribution in [3.05, 3.63) is 6.42 Å². The van der Waals surface area contributed by atoms with E-state index in [4.69, 9.17) is 0 Å². The SMILES string of the molecule is C[C@@H]1C[CH]C[C@H](C)N1CCF. The number of alkyl halides is 1. The molecule has 0 aromatic heterocycles. The largest absolute Gasteiger partial charge is 0.295 e. The van der Waals surface area contributed by atoms with Crippen LogP contribution in [0.2, 0.25) is 0 Å². The molecular formula is C9H17FN. The highest BCUT2D eigenvalue weighted by Gasteiger charge is 2.23. The van der Waals surface area contributed by atoms with E-state index in [0.717, 1.165) is 12.8 Å². The van der Waals surface area contributed by atoms with Gasteiger partial charge in [-0.05, 0) is 33.1 Å². The van der Waals surface area contributed by atoms with Gasteiger partial charge in [-0.3, -0.25) is 4.90 Å². The van der Waals surface area contributed by atoms with Gasteiger partial charge in [-0.1, -0.05) is 0 Å². The van der Waals surface area contributed by atoms with Crippen LogP contribution in [0, 0.1) is 6.42 Å². The molecule has 1 fully saturated rings. The summed E-state index contributed by atoms with van der Waals surface area (Å²) < 4.78 is 12.1. The third-order valence-corrected chi connectivity index (χ3v) is 2.49. The number of hydrogen-bond donors (Lipinski definition) is 0. The molecule has 0 bridgehead atoms. The van der Waals surface area contributed by atoms with Crippen LogP contribution in [0.5, 0.6) is 0 Å². The van der Waals surface area contributed by atoms with Crippen molar-refractivity contribution in [3.8, 4) is 0 Å². The molecular weight excluding hydrogens is 141 g/mol. The van der Waals surface area contributed by atoms with Crippen LogP contribution in [0.25, 0.3) is 0 Å². The fourth-order valence-corrected chi connectivity index (χ4v) is 1.82. The minimum atomic E-state index is -0.214. The van der Waals surface area contributed by atoms with Crippen molar-refractivity contribution < 1.29 is 4.39 Å². The number of hydrogen-bond acceptors (Lipinski definition) is 1. The molecule has 1 saturated heterocycles. The lowest BCUT2D eigenvalue weighted by Crippen LogP contribution is -2.44. The van der Waals surface area contributed by atoms with Gasteiger partial charge in [-0.2, -0.15) is 0 Å². The summed E-state index contributed by atoms with van der Waals surface area (Å²) in [5, 5.41) is 0. The molecule has 0 aromatic carbocycles. The first-order valence-electron chi connectivity index (χ1n) is 4.39. The molecule has 0 spiro atoms. The molecule has 1 rings (SSSR count). The van der Waals surface area contributed by atoms with Crippen LogP contribution in [-0.2, 0) is 0 Å². The molecule has 0 saturated carbocycles. The van der Waals surface area contributed by atoms with Crippen molar-refractivity contribution in [1.82, 2.24) is 4.90 Å². The molecule has 2 heteroatoms. The zero-order chi connectivity index (χ0) is 8.27. The minimum Gasteiger partial charge on any atom is -0.295 e. The molecule has 0 aromatic rings. The Bertz CT molecular complexity index is 106. The van der Waals surface area contributed by atoms with E-state index in [9.17, 15) is 4.39 Å². The zero-order valence-electron chi connectivity index (χ0n) is 7.39. The van der Waals surface area contributed by atoms with E-state index < -0.39 is 0 Å². The molecule has 11 heavy (non-hydrogen) atoms. The summed E-state index contributed by atoms with van der Waals surface area (Å²) in [5.74, 6) is 0. The zero-order valence-corrected chi connectivity index (χ0v) is 7.39. The number of piperidine rings is 1. The molecule has 1 aliphatic heterocycles. The predicted octanol–water partition coefficient (Wildman–Crippen LogP) is 2.03. The number of nitrogens with zero attached hydrogens (tertiary/aromatic N) is 1. The maximum atomic E-state index is 12.1. The smallest absolute Gasteiger partial charge is 0.102 e. The Labute approximate surface area is 68.6 Å². The lowest BCUT2D eigenvalue weighted by Gasteiger charge is -2.38. The van der Waals surface area contributed by atoms with Gasteiger partial charge in [0, 0.05) is 18.6 Å². The first-order valence-corrected chi connectivity index (χ1v) is 4.39. The van der Waals surface area contributed by atoms with Crippen LogP contribution in [0.3, 0.4) is 0 Å². The first-order chi connectivity index (χ1) is 5.25. The Morgan fingerprint density at radius 1 is 1.36 bits per heavy atom. The van der Waals surface area contributed by atoms with E-state index in [1.54, 1.807) is 0 Å². The Morgan fingerprint density at radius 2 is 1.91 bits per heavy atom. The summed E-state index contributed by atoms with van der Waals surface area (Å²) in [6, 6.07) is 1.07. The first kappa shape index (κ1) is 8.98. The molecule has 0 aliphatic carbocycles. The fraction of sp³-hybridized carbons (Fsp3) is 0.889. The molecule has 65 valence electrons. The summed E-state index contributed by atoms with van der Waals surface area (Å²) in [4.78, 5) is 2.25. The maximum absolute atomic E-state index is 12.1. The second kappa shape index (κ2) is 4.05. The molecule has 1 nitrogen and oxygen atoms in total. The van der Waals surface area contributed by atoms with Crippen molar-refractivity contribution in [2.24, 2.45) is 0 Å². The van der Waals surface area contributed by atoms with Crippen LogP contribution in [0.4, 0.5) is 4.39 Å². The molecule has 1 radical (unpaired) electrons. The molecule has 1 heterocycles. The topological polar surface area (TPSA) is 3.24 Å². The standard InChI is InChI=1S/C9H17FN/c1-8-4-3-5-9(2)11(8)7-6-10/h3,8-9H,4-7H2,1-2H3/t8-,9+. The van der Waals surface area contributed by atoms with E-state index in [1.807, 2.05) is 0 Å². The Morgan fingerprint density at radius 3 is 2.36 bits per heavy atom. The van der Waals surface area contributed by atoms with Gasteiger partial charge >= 0.3 is 0 Å². The summed E-state index contributed by atoms with van der Waals surface area (Å²) in [5.41, 5.74) is 0. The minimum absolute atomic E-state index is 0.214. The van der Waals surface area contributed by atoms with Crippen molar-refractivity contribution in [2.45, 2.75) is 38.8 Å². The number of halogens is 1. The quantitative estimate of drug-likeness (QED) is 0.594. The third-order valence-electron chi connectivity index (χ3n) is 2.49.